The number of nitrogens with zero attached hydrogens (tertiary/aromatic N) is 1. The van der Waals surface area contributed by atoms with Crippen LogP contribution in [0, 0.1) is 24.6 Å². The second-order valence-electron chi connectivity index (χ2n) is 7.59. The average molecular weight is 363 g/mol. The fraction of sp³-hybridized carbons (Fsp3) is 0.600. The van der Waals surface area contributed by atoms with E-state index in [9.17, 15) is 14.0 Å². The van der Waals surface area contributed by atoms with Crippen LogP contribution in [0.3, 0.4) is 0 Å². The van der Waals surface area contributed by atoms with Gasteiger partial charge >= 0.3 is 11.8 Å². The number of carbonyl (C=O) groups excluding carboxylic acids is 2. The Morgan fingerprint density at radius 2 is 1.85 bits per heavy atom. The number of benzene rings is 1. The molecule has 5 nitrogen and oxygen atoms in total. The van der Waals surface area contributed by atoms with Gasteiger partial charge in [0.1, 0.15) is 5.82 Å². The summed E-state index contributed by atoms with van der Waals surface area (Å²) in [6.45, 7) is 10.0. The van der Waals surface area contributed by atoms with E-state index in [2.05, 4.69) is 29.4 Å². The van der Waals surface area contributed by atoms with Gasteiger partial charge in [-0.15, -0.1) is 0 Å². The normalized spacial score (nSPS) is 20.6. The lowest BCUT2D eigenvalue weighted by Gasteiger charge is -2.34. The minimum atomic E-state index is -0.771. The maximum absolute atomic E-state index is 13.5. The first-order valence-electron chi connectivity index (χ1n) is 9.43. The zero-order valence-corrected chi connectivity index (χ0v) is 16.0. The molecule has 2 unspecified atom stereocenters. The van der Waals surface area contributed by atoms with Gasteiger partial charge in [-0.1, -0.05) is 19.9 Å². The van der Waals surface area contributed by atoms with Crippen LogP contribution < -0.4 is 10.6 Å². The van der Waals surface area contributed by atoms with Crippen molar-refractivity contribution in [2.24, 2.45) is 11.8 Å². The first-order chi connectivity index (χ1) is 12.3. The first kappa shape index (κ1) is 20.4. The van der Waals surface area contributed by atoms with Crippen molar-refractivity contribution in [2.45, 2.75) is 40.0 Å². The van der Waals surface area contributed by atoms with Gasteiger partial charge in [0, 0.05) is 25.3 Å². The number of hydrogen-bond acceptors (Lipinski definition) is 3. The van der Waals surface area contributed by atoms with Crippen LogP contribution >= 0.6 is 0 Å². The van der Waals surface area contributed by atoms with Crippen LogP contribution in [0.15, 0.2) is 18.2 Å². The number of aryl methyl sites for hydroxylation is 1. The lowest BCUT2D eigenvalue weighted by Crippen LogP contribution is -2.39. The molecule has 144 valence electrons. The van der Waals surface area contributed by atoms with Crippen molar-refractivity contribution in [1.82, 2.24) is 10.2 Å². The smallest absolute Gasteiger partial charge is 0.313 e. The predicted molar refractivity (Wildman–Crippen MR) is 101 cm³/mol. The first-order valence-corrected chi connectivity index (χ1v) is 9.43. The number of amides is 2. The summed E-state index contributed by atoms with van der Waals surface area (Å²) in [5.41, 5.74) is 0.770. The molecule has 2 rings (SSSR count). The molecule has 0 spiro atoms. The quantitative estimate of drug-likeness (QED) is 0.603. The Hall–Kier alpha value is -1.95. The van der Waals surface area contributed by atoms with Gasteiger partial charge in [-0.2, -0.15) is 0 Å². The van der Waals surface area contributed by atoms with E-state index in [0.29, 0.717) is 12.1 Å². The van der Waals surface area contributed by atoms with Crippen molar-refractivity contribution >= 4 is 17.5 Å². The van der Waals surface area contributed by atoms with E-state index in [1.54, 1.807) is 19.1 Å². The van der Waals surface area contributed by atoms with Crippen molar-refractivity contribution in [2.75, 3.05) is 31.5 Å². The van der Waals surface area contributed by atoms with Gasteiger partial charge in [0.2, 0.25) is 0 Å². The van der Waals surface area contributed by atoms with Crippen LogP contribution in [-0.4, -0.2) is 42.9 Å². The van der Waals surface area contributed by atoms with E-state index in [-0.39, 0.29) is 5.69 Å². The monoisotopic (exact) mass is 363 g/mol. The molecule has 1 fully saturated rings. The van der Waals surface area contributed by atoms with E-state index in [1.807, 2.05) is 0 Å². The highest BCUT2D eigenvalue weighted by Gasteiger charge is 2.21. The summed E-state index contributed by atoms with van der Waals surface area (Å²) in [7, 11) is 0. The van der Waals surface area contributed by atoms with Gasteiger partial charge in [0.15, 0.2) is 0 Å². The van der Waals surface area contributed by atoms with Crippen molar-refractivity contribution in [3.05, 3.63) is 29.6 Å². The highest BCUT2D eigenvalue weighted by molar-refractivity contribution is 6.39. The van der Waals surface area contributed by atoms with Gasteiger partial charge in [-0.3, -0.25) is 9.59 Å². The molecule has 2 amide bonds. The third-order valence-corrected chi connectivity index (χ3v) is 4.77. The topological polar surface area (TPSA) is 61.4 Å². The standard InChI is InChI=1S/C20H30FN3O2/c1-14-10-15(2)13-24(12-14)9-5-4-8-22-19(25)20(26)23-17-7-6-16(3)18(21)11-17/h6-7,11,14-15H,4-5,8-10,12-13H2,1-3H3,(H,22,25)(H,23,26). The zero-order chi connectivity index (χ0) is 19.1. The Morgan fingerprint density at radius 3 is 2.50 bits per heavy atom. The summed E-state index contributed by atoms with van der Waals surface area (Å²) in [5.74, 6) is -0.384. The lowest BCUT2D eigenvalue weighted by molar-refractivity contribution is -0.136. The number of likely N-dealkylation sites (tertiary alicyclic amines) is 1. The molecule has 0 aliphatic carbocycles. The third kappa shape index (κ3) is 6.41. The van der Waals surface area contributed by atoms with Gasteiger partial charge < -0.3 is 15.5 Å². The van der Waals surface area contributed by atoms with Crippen LogP contribution in [0.25, 0.3) is 0 Å². The molecule has 1 aliphatic heterocycles. The number of unbranched alkanes of at least 4 members (excludes halogenated alkanes) is 1. The molecule has 1 aliphatic rings. The van der Waals surface area contributed by atoms with Gasteiger partial charge in [-0.25, -0.2) is 4.39 Å². The Kier molecular flexibility index (Phi) is 7.57. The molecule has 0 saturated carbocycles. The summed E-state index contributed by atoms with van der Waals surface area (Å²) in [6, 6.07) is 4.34. The largest absolute Gasteiger partial charge is 0.348 e. The summed E-state index contributed by atoms with van der Waals surface area (Å²) in [4.78, 5) is 26.1. The molecule has 26 heavy (non-hydrogen) atoms. The average Bonchev–Trinajstić information content (AvgIpc) is 2.56. The van der Waals surface area contributed by atoms with Gasteiger partial charge in [-0.05, 0) is 62.3 Å². The Balaban J connectivity index is 1.63. The molecule has 0 bridgehead atoms. The minimum Gasteiger partial charge on any atom is -0.348 e. The molecule has 0 aromatic heterocycles. The Labute approximate surface area is 155 Å². The highest BCUT2D eigenvalue weighted by atomic mass is 19.1. The number of anilines is 1. The molecule has 1 heterocycles. The molecule has 1 aromatic carbocycles. The molecule has 1 aromatic rings. The molecule has 1 saturated heterocycles. The van der Waals surface area contributed by atoms with Crippen LogP contribution in [0.5, 0.6) is 0 Å². The molecule has 2 atom stereocenters. The summed E-state index contributed by atoms with van der Waals surface area (Å²) < 4.78 is 13.5. The lowest BCUT2D eigenvalue weighted by atomic mass is 9.92. The Bertz CT molecular complexity index is 625. The number of nitrogens with one attached hydrogen (secondary N) is 2. The highest BCUT2D eigenvalue weighted by Crippen LogP contribution is 2.21. The molecule has 2 N–H and O–H groups in total. The summed E-state index contributed by atoms with van der Waals surface area (Å²) in [6.07, 6.45) is 3.12. The number of carbonyl (C=O) groups is 2. The number of halogens is 1. The van der Waals surface area contributed by atoms with Crippen molar-refractivity contribution < 1.29 is 14.0 Å². The van der Waals surface area contributed by atoms with E-state index >= 15 is 0 Å². The maximum atomic E-state index is 13.5. The van der Waals surface area contributed by atoms with Crippen LogP contribution in [-0.2, 0) is 9.59 Å². The minimum absolute atomic E-state index is 0.279. The molecular formula is C20H30FN3O2. The van der Waals surface area contributed by atoms with E-state index < -0.39 is 17.6 Å². The fourth-order valence-electron chi connectivity index (χ4n) is 3.58. The zero-order valence-electron chi connectivity index (χ0n) is 16.0. The van der Waals surface area contributed by atoms with Gasteiger partial charge in [0.25, 0.3) is 0 Å². The number of piperidine rings is 1. The van der Waals surface area contributed by atoms with Crippen molar-refractivity contribution in [3.63, 3.8) is 0 Å². The Morgan fingerprint density at radius 1 is 1.15 bits per heavy atom. The number of hydrogen-bond donors (Lipinski definition) is 2. The molecule has 0 radical (unpaired) electrons. The van der Waals surface area contributed by atoms with Gasteiger partial charge in [0.05, 0.1) is 0 Å². The maximum Gasteiger partial charge on any atom is 0.313 e. The summed E-state index contributed by atoms with van der Waals surface area (Å²) in [5, 5.41) is 5.03. The molecule has 6 heteroatoms. The van der Waals surface area contributed by atoms with E-state index in [1.165, 1.54) is 12.5 Å². The second kappa shape index (κ2) is 9.67. The van der Waals surface area contributed by atoms with E-state index in [4.69, 9.17) is 0 Å². The van der Waals surface area contributed by atoms with Crippen molar-refractivity contribution in [3.8, 4) is 0 Å². The molecular weight excluding hydrogens is 333 g/mol. The number of rotatable bonds is 6. The van der Waals surface area contributed by atoms with Crippen LogP contribution in [0.4, 0.5) is 10.1 Å². The van der Waals surface area contributed by atoms with Crippen LogP contribution in [0.1, 0.15) is 38.7 Å². The predicted octanol–water partition coefficient (Wildman–Crippen LogP) is 2.95. The fourth-order valence-corrected chi connectivity index (χ4v) is 3.58. The summed E-state index contributed by atoms with van der Waals surface area (Å²) >= 11 is 0. The van der Waals surface area contributed by atoms with Crippen molar-refractivity contribution in [1.29, 1.82) is 0 Å². The van der Waals surface area contributed by atoms with E-state index in [0.717, 1.165) is 44.3 Å². The van der Waals surface area contributed by atoms with Crippen LogP contribution in [0.2, 0.25) is 0 Å². The SMILES string of the molecule is Cc1ccc(NC(=O)C(=O)NCCCCN2CC(C)CC(C)C2)cc1F. The second-order valence-corrected chi connectivity index (χ2v) is 7.59. The third-order valence-electron chi connectivity index (χ3n) is 4.77.